The number of morpholine rings is 1. The predicted octanol–water partition coefficient (Wildman–Crippen LogP) is 1.17. The number of anilines is 2. The van der Waals surface area contributed by atoms with E-state index < -0.39 is 11.8 Å². The second-order valence-corrected chi connectivity index (χ2v) is 6.97. The fourth-order valence-corrected chi connectivity index (χ4v) is 3.07. The van der Waals surface area contributed by atoms with E-state index in [1.165, 1.54) is 18.7 Å². The van der Waals surface area contributed by atoms with Gasteiger partial charge in [-0.15, -0.1) is 0 Å². The molecule has 1 aromatic carbocycles. The molecule has 0 unspecified atom stereocenters. The van der Waals surface area contributed by atoms with Crippen molar-refractivity contribution in [2.45, 2.75) is 32.2 Å². The minimum Gasteiger partial charge on any atom is -0.397 e. The van der Waals surface area contributed by atoms with Gasteiger partial charge in [0.05, 0.1) is 36.7 Å². The molecule has 2 heterocycles. The Hall–Kier alpha value is -1.86. The summed E-state index contributed by atoms with van der Waals surface area (Å²) in [6.07, 6.45) is -1.51. The van der Waals surface area contributed by atoms with Gasteiger partial charge in [-0.3, -0.25) is 4.79 Å². The second kappa shape index (κ2) is 6.22. The van der Waals surface area contributed by atoms with Crippen LogP contribution in [-0.2, 0) is 11.3 Å². The number of nitrogen functional groups attached to an aromatic ring is 1. The van der Waals surface area contributed by atoms with Crippen molar-refractivity contribution in [3.8, 4) is 0 Å². The van der Waals surface area contributed by atoms with Gasteiger partial charge in [-0.25, -0.2) is 4.39 Å². The van der Waals surface area contributed by atoms with Crippen molar-refractivity contribution in [1.82, 2.24) is 4.90 Å². The monoisotopic (exact) mass is 337 g/mol. The summed E-state index contributed by atoms with van der Waals surface area (Å²) in [6, 6.07) is 3.60. The molecule has 0 aromatic heterocycles. The third kappa shape index (κ3) is 3.18. The van der Waals surface area contributed by atoms with Crippen molar-refractivity contribution in [2.75, 3.05) is 43.5 Å². The molecule has 0 bridgehead atoms. The molecule has 0 radical (unpaired) electrons. The topological polar surface area (TPSA) is 79.0 Å². The lowest BCUT2D eigenvalue weighted by molar-refractivity contribution is -0.0159. The first-order chi connectivity index (χ1) is 11.3. The van der Waals surface area contributed by atoms with Crippen molar-refractivity contribution < 1.29 is 19.0 Å². The Labute approximate surface area is 141 Å². The third-order valence-corrected chi connectivity index (χ3v) is 4.63. The van der Waals surface area contributed by atoms with E-state index in [1.54, 1.807) is 12.1 Å². The van der Waals surface area contributed by atoms with Crippen LogP contribution < -0.4 is 10.6 Å². The second-order valence-electron chi connectivity index (χ2n) is 6.97. The largest absolute Gasteiger partial charge is 0.397 e. The van der Waals surface area contributed by atoms with Crippen LogP contribution in [0.25, 0.3) is 0 Å². The number of nitrogens with two attached hydrogens (primary N) is 1. The van der Waals surface area contributed by atoms with E-state index >= 15 is 0 Å². The van der Waals surface area contributed by atoms with E-state index in [0.717, 1.165) is 24.3 Å². The maximum atomic E-state index is 14.1. The summed E-state index contributed by atoms with van der Waals surface area (Å²) in [5.74, 6) is -0.216. The molecule has 132 valence electrons. The highest BCUT2D eigenvalue weighted by Crippen LogP contribution is 2.33. The summed E-state index contributed by atoms with van der Waals surface area (Å²) in [5.41, 5.74) is 7.49. The molecule has 1 saturated heterocycles. The number of amides is 1. The van der Waals surface area contributed by atoms with Crippen LogP contribution >= 0.6 is 0 Å². The molecule has 0 saturated carbocycles. The highest BCUT2D eigenvalue weighted by atomic mass is 19.1. The molecule has 3 N–H and O–H groups in total. The molecule has 1 fully saturated rings. The number of nitrogens with zero attached hydrogens (tertiary/aromatic N) is 2. The summed E-state index contributed by atoms with van der Waals surface area (Å²) in [7, 11) is 0. The number of hydrogen-bond donors (Lipinski definition) is 2. The summed E-state index contributed by atoms with van der Waals surface area (Å²) >= 11 is 0. The van der Waals surface area contributed by atoms with Crippen LogP contribution in [0.4, 0.5) is 15.8 Å². The van der Waals surface area contributed by atoms with Crippen molar-refractivity contribution in [3.63, 3.8) is 0 Å². The van der Waals surface area contributed by atoms with Gasteiger partial charge >= 0.3 is 0 Å². The molecular weight excluding hydrogens is 313 g/mol. The minimum atomic E-state index is -1.51. The Morgan fingerprint density at radius 3 is 2.67 bits per heavy atom. The summed E-state index contributed by atoms with van der Waals surface area (Å²) < 4.78 is 19.5. The Kier molecular flexibility index (Phi) is 4.40. The lowest BCUT2D eigenvalue weighted by atomic mass is 10.0. The number of hydrogen-bond acceptors (Lipinski definition) is 5. The normalized spacial score (nSPS) is 19.6. The van der Waals surface area contributed by atoms with Crippen molar-refractivity contribution in [1.29, 1.82) is 0 Å². The quantitative estimate of drug-likeness (QED) is 0.807. The first-order valence-corrected chi connectivity index (χ1v) is 8.18. The molecule has 24 heavy (non-hydrogen) atoms. The molecule has 2 aliphatic heterocycles. The smallest absolute Gasteiger partial charge is 0.254 e. The summed E-state index contributed by atoms with van der Waals surface area (Å²) in [5, 5.41) is 9.76. The zero-order valence-corrected chi connectivity index (χ0v) is 14.1. The lowest BCUT2D eigenvalue weighted by Gasteiger charge is -2.30. The number of alkyl halides is 1. The van der Waals surface area contributed by atoms with E-state index in [9.17, 15) is 14.3 Å². The van der Waals surface area contributed by atoms with Crippen molar-refractivity contribution in [2.24, 2.45) is 0 Å². The van der Waals surface area contributed by atoms with Gasteiger partial charge in [-0.1, -0.05) is 0 Å². The molecule has 6 nitrogen and oxygen atoms in total. The van der Waals surface area contributed by atoms with Crippen LogP contribution in [0.2, 0.25) is 0 Å². The highest BCUT2D eigenvalue weighted by Gasteiger charge is 2.35. The standard InChI is InChI=1S/C17H24FN3O3/c1-17(2,23)15(18)10-21-9-11-7-13(19)14(8-12(11)16(21)22)20-3-5-24-6-4-20/h7-8,15,23H,3-6,9-10,19H2,1-2H3/t15-/m1/s1. The Bertz CT molecular complexity index is 639. The fourth-order valence-electron chi connectivity index (χ4n) is 3.07. The number of rotatable bonds is 4. The summed E-state index contributed by atoms with van der Waals surface area (Å²) in [6.45, 7) is 5.71. The van der Waals surface area contributed by atoms with E-state index in [-0.39, 0.29) is 12.5 Å². The van der Waals surface area contributed by atoms with Gasteiger partial charge in [0.15, 0.2) is 0 Å². The van der Waals surface area contributed by atoms with Crippen molar-refractivity contribution in [3.05, 3.63) is 23.3 Å². The van der Waals surface area contributed by atoms with E-state index in [1.807, 2.05) is 0 Å². The SMILES string of the molecule is CC(C)(O)[C@H](F)CN1Cc2cc(N)c(N3CCOCC3)cc2C1=O. The molecular formula is C17H24FN3O3. The number of carbonyl (C=O) groups is 1. The first-order valence-electron chi connectivity index (χ1n) is 8.18. The van der Waals surface area contributed by atoms with E-state index in [4.69, 9.17) is 10.5 Å². The van der Waals surface area contributed by atoms with Gasteiger partial charge < -0.3 is 25.4 Å². The number of benzene rings is 1. The number of carbonyl (C=O) groups excluding carboxylic acids is 1. The Morgan fingerprint density at radius 1 is 1.38 bits per heavy atom. The highest BCUT2D eigenvalue weighted by molar-refractivity contribution is 6.00. The predicted molar refractivity (Wildman–Crippen MR) is 89.8 cm³/mol. The average Bonchev–Trinajstić information content (AvgIpc) is 2.82. The first kappa shape index (κ1) is 17.0. The molecule has 0 aliphatic carbocycles. The molecule has 2 aliphatic rings. The summed E-state index contributed by atoms with van der Waals surface area (Å²) in [4.78, 5) is 16.1. The fraction of sp³-hybridized carbons (Fsp3) is 0.588. The van der Waals surface area contributed by atoms with Gasteiger partial charge in [-0.2, -0.15) is 0 Å². The minimum absolute atomic E-state index is 0.135. The molecule has 1 atom stereocenters. The maximum Gasteiger partial charge on any atom is 0.254 e. The van der Waals surface area contributed by atoms with Crippen LogP contribution in [0.15, 0.2) is 12.1 Å². The number of aliphatic hydroxyl groups is 1. The Morgan fingerprint density at radius 2 is 2.04 bits per heavy atom. The van der Waals surface area contributed by atoms with Crippen LogP contribution in [-0.4, -0.2) is 60.5 Å². The van der Waals surface area contributed by atoms with Crippen LogP contribution in [0.1, 0.15) is 29.8 Å². The van der Waals surface area contributed by atoms with Gasteiger partial charge in [0.2, 0.25) is 0 Å². The number of fused-ring (bicyclic) bond motifs is 1. The van der Waals surface area contributed by atoms with E-state index in [2.05, 4.69) is 4.90 Å². The lowest BCUT2D eigenvalue weighted by Crippen LogP contribution is -2.42. The molecule has 0 spiro atoms. The van der Waals surface area contributed by atoms with Gasteiger partial charge in [0, 0.05) is 25.2 Å². The van der Waals surface area contributed by atoms with E-state index in [0.29, 0.717) is 31.0 Å². The molecule has 7 heteroatoms. The number of halogens is 1. The zero-order valence-electron chi connectivity index (χ0n) is 14.1. The zero-order chi connectivity index (χ0) is 17.5. The maximum absolute atomic E-state index is 14.1. The van der Waals surface area contributed by atoms with Crippen LogP contribution in [0.5, 0.6) is 0 Å². The molecule has 3 rings (SSSR count). The van der Waals surface area contributed by atoms with Gasteiger partial charge in [-0.05, 0) is 31.5 Å². The van der Waals surface area contributed by atoms with Crippen molar-refractivity contribution >= 4 is 17.3 Å². The Balaban J connectivity index is 1.81. The third-order valence-electron chi connectivity index (χ3n) is 4.63. The molecule has 1 amide bonds. The van der Waals surface area contributed by atoms with Crippen LogP contribution in [0, 0.1) is 0 Å². The average molecular weight is 337 g/mol. The van der Waals surface area contributed by atoms with Gasteiger partial charge in [0.25, 0.3) is 5.91 Å². The van der Waals surface area contributed by atoms with Gasteiger partial charge in [0.1, 0.15) is 6.17 Å². The number of ether oxygens (including phenoxy) is 1. The van der Waals surface area contributed by atoms with Crippen LogP contribution in [0.3, 0.4) is 0 Å². The molecule has 1 aromatic rings.